The average molecular weight is 346 g/mol. The molecule has 3 rings (SSSR count). The first-order valence-electron chi connectivity index (χ1n) is 6.68. The molecule has 21 heavy (non-hydrogen) atoms. The lowest BCUT2D eigenvalue weighted by Gasteiger charge is -2.19. The van der Waals surface area contributed by atoms with E-state index in [9.17, 15) is 0 Å². The third-order valence-electron chi connectivity index (χ3n) is 3.44. The number of aromatic nitrogens is 2. The van der Waals surface area contributed by atoms with Crippen LogP contribution in [0.3, 0.4) is 0 Å². The van der Waals surface area contributed by atoms with E-state index in [4.69, 9.17) is 4.42 Å². The van der Waals surface area contributed by atoms with Crippen LogP contribution in [0.4, 0.5) is 5.69 Å². The topological polar surface area (TPSA) is 43.0 Å². The molecule has 1 aromatic carbocycles. The molecule has 0 saturated carbocycles. The van der Waals surface area contributed by atoms with Crippen molar-refractivity contribution in [3.05, 3.63) is 70.6 Å². The van der Waals surface area contributed by atoms with Gasteiger partial charge in [0.2, 0.25) is 0 Å². The van der Waals surface area contributed by atoms with Gasteiger partial charge in [0.15, 0.2) is 0 Å². The summed E-state index contributed by atoms with van der Waals surface area (Å²) in [7, 11) is 1.98. The number of aryl methyl sites for hydroxylation is 2. The third-order valence-corrected chi connectivity index (χ3v) is 3.94. The van der Waals surface area contributed by atoms with E-state index in [0.29, 0.717) is 0 Å². The molecule has 1 N–H and O–H groups in total. The Kier molecular flexibility index (Phi) is 3.84. The Balaban J connectivity index is 2.01. The molecular weight excluding hydrogens is 330 g/mol. The van der Waals surface area contributed by atoms with Gasteiger partial charge in [-0.3, -0.25) is 0 Å². The monoisotopic (exact) mass is 345 g/mol. The summed E-state index contributed by atoms with van der Waals surface area (Å²) in [6.07, 6.45) is 5.40. The van der Waals surface area contributed by atoms with Gasteiger partial charge in [0.25, 0.3) is 0 Å². The molecule has 0 aliphatic heterocycles. The van der Waals surface area contributed by atoms with E-state index in [2.05, 4.69) is 45.3 Å². The van der Waals surface area contributed by atoms with Gasteiger partial charge in [-0.25, -0.2) is 4.98 Å². The maximum absolute atomic E-state index is 5.59. The lowest BCUT2D eigenvalue weighted by atomic mass is 10.1. The van der Waals surface area contributed by atoms with E-state index in [0.717, 1.165) is 21.7 Å². The summed E-state index contributed by atoms with van der Waals surface area (Å²) >= 11 is 3.51. The molecule has 0 amide bonds. The first-order valence-corrected chi connectivity index (χ1v) is 7.48. The van der Waals surface area contributed by atoms with Gasteiger partial charge in [0, 0.05) is 29.6 Å². The number of halogens is 1. The van der Waals surface area contributed by atoms with Gasteiger partial charge in [-0.05, 0) is 36.8 Å². The zero-order valence-corrected chi connectivity index (χ0v) is 13.5. The molecule has 0 aliphatic rings. The van der Waals surface area contributed by atoms with Crippen molar-refractivity contribution >= 4 is 21.6 Å². The van der Waals surface area contributed by atoms with Crippen LogP contribution in [0.2, 0.25) is 0 Å². The molecule has 1 unspecified atom stereocenters. The average Bonchev–Trinajstić information content (AvgIpc) is 3.11. The number of benzene rings is 1. The fourth-order valence-corrected chi connectivity index (χ4v) is 2.64. The largest absolute Gasteiger partial charge is 0.467 e. The van der Waals surface area contributed by atoms with Crippen molar-refractivity contribution in [1.82, 2.24) is 9.55 Å². The zero-order chi connectivity index (χ0) is 14.8. The summed E-state index contributed by atoms with van der Waals surface area (Å²) in [5.41, 5.74) is 2.22. The van der Waals surface area contributed by atoms with Crippen LogP contribution in [0.1, 0.15) is 23.2 Å². The first-order chi connectivity index (χ1) is 10.1. The molecular formula is C16H16BrN3O. The molecule has 0 radical (unpaired) electrons. The van der Waals surface area contributed by atoms with Crippen LogP contribution < -0.4 is 5.32 Å². The molecule has 0 fully saturated rings. The van der Waals surface area contributed by atoms with Crippen LogP contribution in [-0.2, 0) is 7.05 Å². The Morgan fingerprint density at radius 1 is 1.33 bits per heavy atom. The van der Waals surface area contributed by atoms with Crippen LogP contribution in [0.25, 0.3) is 0 Å². The van der Waals surface area contributed by atoms with Gasteiger partial charge in [-0.15, -0.1) is 0 Å². The molecule has 4 nitrogen and oxygen atoms in total. The van der Waals surface area contributed by atoms with E-state index in [-0.39, 0.29) is 6.04 Å². The number of hydrogen-bond acceptors (Lipinski definition) is 3. The molecule has 1 atom stereocenters. The van der Waals surface area contributed by atoms with Gasteiger partial charge in [-0.2, -0.15) is 0 Å². The smallest absolute Gasteiger partial charge is 0.143 e. The van der Waals surface area contributed by atoms with E-state index in [1.807, 2.05) is 36.0 Å². The van der Waals surface area contributed by atoms with Crippen molar-refractivity contribution in [3.8, 4) is 0 Å². The van der Waals surface area contributed by atoms with E-state index in [1.54, 1.807) is 12.5 Å². The fourth-order valence-electron chi connectivity index (χ4n) is 2.28. The summed E-state index contributed by atoms with van der Waals surface area (Å²) in [5.74, 6) is 1.74. The van der Waals surface area contributed by atoms with Crippen LogP contribution in [0, 0.1) is 6.92 Å². The number of furan rings is 1. The maximum atomic E-state index is 5.59. The van der Waals surface area contributed by atoms with E-state index >= 15 is 0 Å². The van der Waals surface area contributed by atoms with Crippen LogP contribution in [0.5, 0.6) is 0 Å². The van der Waals surface area contributed by atoms with Crippen molar-refractivity contribution in [2.45, 2.75) is 13.0 Å². The number of imidazole rings is 1. The molecule has 108 valence electrons. The lowest BCUT2D eigenvalue weighted by molar-refractivity contribution is 0.488. The van der Waals surface area contributed by atoms with Crippen LogP contribution >= 0.6 is 15.9 Å². The Morgan fingerprint density at radius 2 is 2.19 bits per heavy atom. The van der Waals surface area contributed by atoms with Crippen LogP contribution in [0.15, 0.2) is 57.9 Å². The molecule has 0 bridgehead atoms. The predicted molar refractivity (Wildman–Crippen MR) is 86.3 cm³/mol. The minimum atomic E-state index is -0.131. The Morgan fingerprint density at radius 3 is 2.86 bits per heavy atom. The third kappa shape index (κ3) is 2.88. The lowest BCUT2D eigenvalue weighted by Crippen LogP contribution is -2.16. The van der Waals surface area contributed by atoms with Gasteiger partial charge >= 0.3 is 0 Å². The number of hydrogen-bond donors (Lipinski definition) is 1. The Labute approximate surface area is 131 Å². The second-order valence-corrected chi connectivity index (χ2v) is 5.86. The highest BCUT2D eigenvalue weighted by Crippen LogP contribution is 2.29. The summed E-state index contributed by atoms with van der Waals surface area (Å²) < 4.78 is 8.62. The minimum absolute atomic E-state index is 0.131. The zero-order valence-electron chi connectivity index (χ0n) is 11.9. The summed E-state index contributed by atoms with van der Waals surface area (Å²) in [5, 5.41) is 3.53. The van der Waals surface area contributed by atoms with Crippen molar-refractivity contribution < 1.29 is 4.42 Å². The quantitative estimate of drug-likeness (QED) is 0.767. The second-order valence-electron chi connectivity index (χ2n) is 4.95. The predicted octanol–water partition coefficient (Wildman–Crippen LogP) is 4.29. The molecule has 0 spiro atoms. The fraction of sp³-hybridized carbons (Fsp3) is 0.188. The number of anilines is 1. The number of nitrogens with one attached hydrogen (secondary N) is 1. The van der Waals surface area contributed by atoms with Gasteiger partial charge in [0.05, 0.1) is 6.26 Å². The SMILES string of the molecule is Cc1ccc(Br)cc1NC(c1ccco1)c1nccn1C. The highest BCUT2D eigenvalue weighted by atomic mass is 79.9. The Hall–Kier alpha value is -2.01. The molecule has 2 heterocycles. The molecule has 3 aromatic rings. The summed E-state index contributed by atoms with van der Waals surface area (Å²) in [6, 6.07) is 9.88. The number of nitrogens with zero attached hydrogens (tertiary/aromatic N) is 2. The molecule has 0 aliphatic carbocycles. The minimum Gasteiger partial charge on any atom is -0.467 e. The van der Waals surface area contributed by atoms with Crippen molar-refractivity contribution in [2.75, 3.05) is 5.32 Å². The first kappa shape index (κ1) is 13.9. The number of rotatable bonds is 4. The van der Waals surface area contributed by atoms with Crippen molar-refractivity contribution in [2.24, 2.45) is 7.05 Å². The van der Waals surface area contributed by atoms with Gasteiger partial charge < -0.3 is 14.3 Å². The molecule has 2 aromatic heterocycles. The summed E-state index contributed by atoms with van der Waals surface area (Å²) in [6.45, 7) is 2.08. The summed E-state index contributed by atoms with van der Waals surface area (Å²) in [4.78, 5) is 4.45. The van der Waals surface area contributed by atoms with Gasteiger partial charge in [0.1, 0.15) is 17.6 Å². The molecule has 0 saturated heterocycles. The standard InChI is InChI=1S/C16H16BrN3O/c1-11-5-6-12(17)10-13(11)19-15(14-4-3-9-21-14)16-18-7-8-20(16)2/h3-10,15,19H,1-2H3. The maximum Gasteiger partial charge on any atom is 0.143 e. The second kappa shape index (κ2) is 5.77. The highest BCUT2D eigenvalue weighted by molar-refractivity contribution is 9.10. The normalized spacial score (nSPS) is 12.3. The van der Waals surface area contributed by atoms with Crippen molar-refractivity contribution in [1.29, 1.82) is 0 Å². The van der Waals surface area contributed by atoms with E-state index < -0.39 is 0 Å². The van der Waals surface area contributed by atoms with E-state index in [1.165, 1.54) is 5.56 Å². The van der Waals surface area contributed by atoms with Crippen LogP contribution in [-0.4, -0.2) is 9.55 Å². The van der Waals surface area contributed by atoms with Crippen molar-refractivity contribution in [3.63, 3.8) is 0 Å². The van der Waals surface area contributed by atoms with Gasteiger partial charge in [-0.1, -0.05) is 22.0 Å². The molecule has 5 heteroatoms. The highest BCUT2D eigenvalue weighted by Gasteiger charge is 2.21. The Bertz CT molecular complexity index is 734.